The highest BCUT2D eigenvalue weighted by atomic mass is 16.5. The zero-order valence-corrected chi connectivity index (χ0v) is 12.7. The summed E-state index contributed by atoms with van der Waals surface area (Å²) >= 11 is 0. The van der Waals surface area contributed by atoms with Crippen molar-refractivity contribution >= 4 is 11.9 Å². The van der Waals surface area contributed by atoms with Crippen molar-refractivity contribution in [1.29, 1.82) is 0 Å². The summed E-state index contributed by atoms with van der Waals surface area (Å²) in [7, 11) is 0. The number of nitrogens with one attached hydrogen (secondary N) is 2. The second-order valence-corrected chi connectivity index (χ2v) is 4.33. The predicted molar refractivity (Wildman–Crippen MR) is 78.5 cm³/mol. The van der Waals surface area contributed by atoms with Gasteiger partial charge in [-0.1, -0.05) is 0 Å². The SMILES string of the molecule is CCNc1nc(NCc2nc(C)c(C)o2)nc(OCC)n1. The minimum atomic E-state index is 0.283. The Morgan fingerprint density at radius 1 is 1.00 bits per heavy atom. The van der Waals surface area contributed by atoms with E-state index in [2.05, 4.69) is 30.6 Å². The van der Waals surface area contributed by atoms with E-state index in [1.807, 2.05) is 27.7 Å². The molecule has 0 aliphatic heterocycles. The van der Waals surface area contributed by atoms with Crippen molar-refractivity contribution in [2.75, 3.05) is 23.8 Å². The Morgan fingerprint density at radius 3 is 2.29 bits per heavy atom. The average molecular weight is 292 g/mol. The van der Waals surface area contributed by atoms with Gasteiger partial charge >= 0.3 is 6.01 Å². The number of nitrogens with zero attached hydrogens (tertiary/aromatic N) is 4. The summed E-state index contributed by atoms with van der Waals surface area (Å²) in [6, 6.07) is 0.283. The number of aromatic nitrogens is 4. The second kappa shape index (κ2) is 6.87. The van der Waals surface area contributed by atoms with Gasteiger partial charge in [0.05, 0.1) is 18.8 Å². The van der Waals surface area contributed by atoms with Gasteiger partial charge in [-0.05, 0) is 27.7 Å². The Balaban J connectivity index is 2.10. The summed E-state index contributed by atoms with van der Waals surface area (Å²) in [5.41, 5.74) is 0.880. The van der Waals surface area contributed by atoms with Crippen LogP contribution in [0.3, 0.4) is 0 Å². The number of hydrogen-bond donors (Lipinski definition) is 2. The van der Waals surface area contributed by atoms with E-state index in [1.165, 1.54) is 0 Å². The third kappa shape index (κ3) is 4.04. The molecular formula is C13H20N6O2. The lowest BCUT2D eigenvalue weighted by atomic mass is 10.4. The maximum absolute atomic E-state index is 5.50. The molecule has 2 aromatic heterocycles. The Bertz CT molecular complexity index is 555. The average Bonchev–Trinajstić information content (AvgIpc) is 2.76. The first-order valence-corrected chi connectivity index (χ1v) is 6.91. The van der Waals surface area contributed by atoms with E-state index in [-0.39, 0.29) is 6.01 Å². The van der Waals surface area contributed by atoms with E-state index in [4.69, 9.17) is 9.15 Å². The van der Waals surface area contributed by atoms with Gasteiger partial charge in [-0.15, -0.1) is 0 Å². The van der Waals surface area contributed by atoms with Crippen molar-refractivity contribution in [3.8, 4) is 6.01 Å². The van der Waals surface area contributed by atoms with Crippen LogP contribution in [-0.4, -0.2) is 33.1 Å². The van der Waals surface area contributed by atoms with E-state index in [1.54, 1.807) is 0 Å². The van der Waals surface area contributed by atoms with Crippen LogP contribution in [0.4, 0.5) is 11.9 Å². The van der Waals surface area contributed by atoms with Gasteiger partial charge in [0, 0.05) is 6.54 Å². The first-order valence-electron chi connectivity index (χ1n) is 6.91. The third-order valence-electron chi connectivity index (χ3n) is 2.69. The normalized spacial score (nSPS) is 10.5. The van der Waals surface area contributed by atoms with Crippen molar-refractivity contribution in [3.05, 3.63) is 17.3 Å². The van der Waals surface area contributed by atoms with Gasteiger partial charge in [0.1, 0.15) is 5.76 Å². The summed E-state index contributed by atoms with van der Waals surface area (Å²) in [4.78, 5) is 16.9. The van der Waals surface area contributed by atoms with Crippen molar-refractivity contribution in [1.82, 2.24) is 19.9 Å². The maximum Gasteiger partial charge on any atom is 0.323 e. The first-order chi connectivity index (χ1) is 10.1. The van der Waals surface area contributed by atoms with E-state index >= 15 is 0 Å². The minimum absolute atomic E-state index is 0.283. The Morgan fingerprint density at radius 2 is 1.71 bits per heavy atom. The largest absolute Gasteiger partial charge is 0.464 e. The fourth-order valence-corrected chi connectivity index (χ4v) is 1.64. The molecule has 2 heterocycles. The molecule has 0 aliphatic rings. The molecule has 0 amide bonds. The van der Waals surface area contributed by atoms with Crippen molar-refractivity contribution < 1.29 is 9.15 Å². The van der Waals surface area contributed by atoms with Crippen LogP contribution < -0.4 is 15.4 Å². The molecule has 0 unspecified atom stereocenters. The molecule has 0 radical (unpaired) electrons. The van der Waals surface area contributed by atoms with Gasteiger partial charge in [-0.2, -0.15) is 15.0 Å². The third-order valence-corrected chi connectivity index (χ3v) is 2.69. The smallest absolute Gasteiger partial charge is 0.323 e. The number of oxazole rings is 1. The summed E-state index contributed by atoms with van der Waals surface area (Å²) < 4.78 is 10.8. The molecule has 0 saturated carbocycles. The van der Waals surface area contributed by atoms with Crippen LogP contribution >= 0.6 is 0 Å². The zero-order chi connectivity index (χ0) is 15.2. The van der Waals surface area contributed by atoms with E-state index in [0.29, 0.717) is 37.5 Å². The molecule has 0 atom stereocenters. The quantitative estimate of drug-likeness (QED) is 0.798. The van der Waals surface area contributed by atoms with Crippen LogP contribution in [0, 0.1) is 13.8 Å². The molecule has 2 N–H and O–H groups in total. The van der Waals surface area contributed by atoms with Crippen molar-refractivity contribution in [3.63, 3.8) is 0 Å². The van der Waals surface area contributed by atoms with Crippen LogP contribution in [0.2, 0.25) is 0 Å². The van der Waals surface area contributed by atoms with Gasteiger partial charge in [0.15, 0.2) is 0 Å². The molecule has 2 rings (SSSR count). The van der Waals surface area contributed by atoms with Gasteiger partial charge in [-0.3, -0.25) is 0 Å². The second-order valence-electron chi connectivity index (χ2n) is 4.33. The molecule has 0 fully saturated rings. The van der Waals surface area contributed by atoms with E-state index < -0.39 is 0 Å². The zero-order valence-electron chi connectivity index (χ0n) is 12.7. The predicted octanol–water partition coefficient (Wildman–Crippen LogP) is 1.92. The molecule has 0 aromatic carbocycles. The fraction of sp³-hybridized carbons (Fsp3) is 0.538. The molecule has 21 heavy (non-hydrogen) atoms. The fourth-order valence-electron chi connectivity index (χ4n) is 1.64. The van der Waals surface area contributed by atoms with Crippen LogP contribution in [0.25, 0.3) is 0 Å². The van der Waals surface area contributed by atoms with Crippen molar-refractivity contribution in [2.24, 2.45) is 0 Å². The van der Waals surface area contributed by atoms with Crippen LogP contribution in [0.15, 0.2) is 4.42 Å². The Labute approximate surface area is 123 Å². The highest BCUT2D eigenvalue weighted by Crippen LogP contribution is 2.13. The molecule has 8 nitrogen and oxygen atoms in total. The van der Waals surface area contributed by atoms with Gasteiger partial charge < -0.3 is 19.8 Å². The number of anilines is 2. The molecular weight excluding hydrogens is 272 g/mol. The number of hydrogen-bond acceptors (Lipinski definition) is 8. The lowest BCUT2D eigenvalue weighted by Gasteiger charge is -2.08. The topological polar surface area (TPSA) is 98.0 Å². The minimum Gasteiger partial charge on any atom is -0.464 e. The highest BCUT2D eigenvalue weighted by Gasteiger charge is 2.09. The molecule has 114 valence electrons. The van der Waals surface area contributed by atoms with E-state index in [9.17, 15) is 0 Å². The summed E-state index contributed by atoms with van der Waals surface area (Å²) in [6.45, 7) is 9.24. The summed E-state index contributed by atoms with van der Waals surface area (Å²) in [5, 5.41) is 6.10. The van der Waals surface area contributed by atoms with E-state index in [0.717, 1.165) is 11.5 Å². The Kier molecular flexibility index (Phi) is 4.91. The molecule has 8 heteroatoms. The Hall–Kier alpha value is -2.38. The van der Waals surface area contributed by atoms with Crippen LogP contribution in [0.1, 0.15) is 31.2 Å². The molecule has 0 spiro atoms. The van der Waals surface area contributed by atoms with Gasteiger partial charge in [-0.25, -0.2) is 4.98 Å². The molecule has 2 aromatic rings. The standard InChI is InChI=1S/C13H20N6O2/c1-5-14-11-17-12(19-13(18-11)20-6-2)15-7-10-16-8(3)9(4)21-10/h5-7H2,1-4H3,(H2,14,15,17,18,19). The van der Waals surface area contributed by atoms with Crippen LogP contribution in [0.5, 0.6) is 6.01 Å². The molecule has 0 saturated heterocycles. The maximum atomic E-state index is 5.50. The lowest BCUT2D eigenvalue weighted by molar-refractivity contribution is 0.312. The molecule has 0 aliphatic carbocycles. The summed E-state index contributed by atoms with van der Waals surface area (Å²) in [5.74, 6) is 2.29. The highest BCUT2D eigenvalue weighted by molar-refractivity contribution is 5.35. The van der Waals surface area contributed by atoms with Crippen LogP contribution in [-0.2, 0) is 6.54 Å². The monoisotopic (exact) mass is 292 g/mol. The number of rotatable bonds is 7. The first kappa shape index (κ1) is 15.0. The van der Waals surface area contributed by atoms with Crippen molar-refractivity contribution in [2.45, 2.75) is 34.2 Å². The summed E-state index contributed by atoms with van der Waals surface area (Å²) in [6.07, 6.45) is 0. The lowest BCUT2D eigenvalue weighted by Crippen LogP contribution is -2.11. The number of aryl methyl sites for hydroxylation is 2. The molecule has 0 bridgehead atoms. The number of ether oxygens (including phenoxy) is 1. The van der Waals surface area contributed by atoms with Gasteiger partial charge in [0.2, 0.25) is 17.8 Å². The van der Waals surface area contributed by atoms with Gasteiger partial charge in [0.25, 0.3) is 0 Å².